The van der Waals surface area contributed by atoms with Crippen LogP contribution in [0.3, 0.4) is 0 Å². The number of aryl methyl sites for hydroxylation is 2. The molecular formula is C27H33N5O3S. The summed E-state index contributed by atoms with van der Waals surface area (Å²) in [7, 11) is 0. The molecule has 3 aromatic rings. The third-order valence-electron chi connectivity index (χ3n) is 6.13. The summed E-state index contributed by atoms with van der Waals surface area (Å²) in [4.78, 5) is 41.1. The molecule has 3 amide bonds. The number of hydrogen-bond acceptors (Lipinski definition) is 6. The summed E-state index contributed by atoms with van der Waals surface area (Å²) in [6.07, 6.45) is 0.799. The SMILES string of the molecule is Cc1ccc(C(C(=O)NCCC(C)C)N(C(=O)c2snc(C(N)=O)c2N)c2cccc(C)c2C)cc1. The molecule has 8 nitrogen and oxygen atoms in total. The standard InChI is InChI=1S/C27H33N5O3S/c1-15(2)13-14-30-26(34)23(19-11-9-16(3)10-12-19)32(20-8-6-7-17(4)18(20)5)27(35)24-21(28)22(25(29)33)31-36-24/h6-12,15,23H,13-14,28H2,1-5H3,(H2,29,33)(H,30,34). The molecule has 1 aromatic heterocycles. The van der Waals surface area contributed by atoms with Crippen molar-refractivity contribution in [2.45, 2.75) is 47.1 Å². The van der Waals surface area contributed by atoms with Gasteiger partial charge in [0.1, 0.15) is 10.9 Å². The molecule has 5 N–H and O–H groups in total. The number of amides is 3. The number of carbonyl (C=O) groups excluding carboxylic acids is 3. The zero-order valence-electron chi connectivity index (χ0n) is 21.3. The number of nitrogens with zero attached hydrogens (tertiary/aromatic N) is 2. The van der Waals surface area contributed by atoms with Crippen LogP contribution in [-0.2, 0) is 4.79 Å². The van der Waals surface area contributed by atoms with Gasteiger partial charge in [-0.1, -0.05) is 55.8 Å². The Balaban J connectivity index is 2.21. The highest BCUT2D eigenvalue weighted by atomic mass is 32.1. The van der Waals surface area contributed by atoms with Gasteiger partial charge < -0.3 is 16.8 Å². The number of nitrogen functional groups attached to an aromatic ring is 1. The highest BCUT2D eigenvalue weighted by molar-refractivity contribution is 7.09. The van der Waals surface area contributed by atoms with Gasteiger partial charge in [-0.25, -0.2) is 0 Å². The monoisotopic (exact) mass is 507 g/mol. The van der Waals surface area contributed by atoms with Crippen LogP contribution in [0.5, 0.6) is 0 Å². The van der Waals surface area contributed by atoms with Crippen LogP contribution in [0.4, 0.5) is 11.4 Å². The van der Waals surface area contributed by atoms with Gasteiger partial charge in [0.2, 0.25) is 5.91 Å². The van der Waals surface area contributed by atoms with Crippen LogP contribution < -0.4 is 21.7 Å². The number of primary amides is 1. The van der Waals surface area contributed by atoms with E-state index in [1.807, 2.05) is 57.2 Å². The molecule has 9 heteroatoms. The van der Waals surface area contributed by atoms with E-state index >= 15 is 0 Å². The molecule has 1 heterocycles. The van der Waals surface area contributed by atoms with E-state index in [2.05, 4.69) is 23.5 Å². The van der Waals surface area contributed by atoms with Crippen LogP contribution in [0, 0.1) is 26.7 Å². The van der Waals surface area contributed by atoms with Gasteiger partial charge in [0, 0.05) is 12.2 Å². The normalized spacial score (nSPS) is 11.8. The Morgan fingerprint density at radius 1 is 1.06 bits per heavy atom. The van der Waals surface area contributed by atoms with Crippen LogP contribution in [0.15, 0.2) is 42.5 Å². The third kappa shape index (κ3) is 5.73. The summed E-state index contributed by atoms with van der Waals surface area (Å²) < 4.78 is 4.00. The number of nitrogens with one attached hydrogen (secondary N) is 1. The molecule has 3 rings (SSSR count). The van der Waals surface area contributed by atoms with Gasteiger partial charge in [-0.2, -0.15) is 4.37 Å². The predicted molar refractivity (Wildman–Crippen MR) is 144 cm³/mol. The van der Waals surface area contributed by atoms with Crippen LogP contribution in [0.25, 0.3) is 0 Å². The summed E-state index contributed by atoms with van der Waals surface area (Å²) in [6.45, 7) is 10.4. The number of hydrogen-bond donors (Lipinski definition) is 3. The average Bonchev–Trinajstić information content (AvgIpc) is 3.21. The Morgan fingerprint density at radius 3 is 2.31 bits per heavy atom. The van der Waals surface area contributed by atoms with Crippen LogP contribution in [-0.4, -0.2) is 28.6 Å². The minimum atomic E-state index is -0.982. The predicted octanol–water partition coefficient (Wildman–Crippen LogP) is 4.30. The second-order valence-electron chi connectivity index (χ2n) is 9.32. The van der Waals surface area contributed by atoms with Crippen LogP contribution in [0.2, 0.25) is 0 Å². The summed E-state index contributed by atoms with van der Waals surface area (Å²) in [6, 6.07) is 12.1. The molecule has 0 saturated heterocycles. The molecule has 190 valence electrons. The van der Waals surface area contributed by atoms with Crippen molar-refractivity contribution >= 4 is 40.6 Å². The average molecular weight is 508 g/mol. The first kappa shape index (κ1) is 26.9. The first-order chi connectivity index (χ1) is 17.0. The third-order valence-corrected chi connectivity index (χ3v) is 6.98. The summed E-state index contributed by atoms with van der Waals surface area (Å²) in [5, 5.41) is 3.01. The Labute approximate surface area is 215 Å². The Bertz CT molecular complexity index is 1270. The van der Waals surface area contributed by atoms with Crippen molar-refractivity contribution in [3.05, 3.63) is 75.3 Å². The number of carbonyl (C=O) groups is 3. The van der Waals surface area contributed by atoms with Gasteiger partial charge in [-0.15, -0.1) is 0 Å². The van der Waals surface area contributed by atoms with E-state index in [1.165, 1.54) is 4.90 Å². The van der Waals surface area contributed by atoms with Crippen LogP contribution >= 0.6 is 11.5 Å². The van der Waals surface area contributed by atoms with E-state index in [0.717, 1.165) is 34.6 Å². The van der Waals surface area contributed by atoms with Crippen molar-refractivity contribution in [3.8, 4) is 0 Å². The lowest BCUT2D eigenvalue weighted by Gasteiger charge is -2.33. The van der Waals surface area contributed by atoms with E-state index in [0.29, 0.717) is 23.7 Å². The maximum absolute atomic E-state index is 14.1. The second kappa shape index (κ2) is 11.3. The number of aromatic nitrogens is 1. The highest BCUT2D eigenvalue weighted by Crippen LogP contribution is 2.35. The Hall–Kier alpha value is -3.72. The van der Waals surface area contributed by atoms with Crippen molar-refractivity contribution in [1.29, 1.82) is 0 Å². The molecular weight excluding hydrogens is 474 g/mol. The van der Waals surface area contributed by atoms with Gasteiger partial charge in [0.15, 0.2) is 5.69 Å². The molecule has 0 aliphatic heterocycles. The molecule has 0 saturated carbocycles. The first-order valence-corrected chi connectivity index (χ1v) is 12.6. The maximum atomic E-state index is 14.1. The van der Waals surface area contributed by atoms with Gasteiger partial charge in [-0.3, -0.25) is 19.3 Å². The molecule has 0 bridgehead atoms. The molecule has 0 spiro atoms. The van der Waals surface area contributed by atoms with Crippen molar-refractivity contribution in [2.24, 2.45) is 11.7 Å². The molecule has 1 atom stereocenters. The fraction of sp³-hybridized carbons (Fsp3) is 0.333. The fourth-order valence-electron chi connectivity index (χ4n) is 3.85. The minimum Gasteiger partial charge on any atom is -0.395 e. The van der Waals surface area contributed by atoms with Gasteiger partial charge in [0.25, 0.3) is 11.8 Å². The Kier molecular flexibility index (Phi) is 8.47. The molecule has 2 aromatic carbocycles. The largest absolute Gasteiger partial charge is 0.395 e. The second-order valence-corrected chi connectivity index (χ2v) is 10.1. The molecule has 1 unspecified atom stereocenters. The zero-order valence-corrected chi connectivity index (χ0v) is 22.1. The highest BCUT2D eigenvalue weighted by Gasteiger charge is 2.36. The van der Waals surface area contributed by atoms with E-state index in [1.54, 1.807) is 6.07 Å². The van der Waals surface area contributed by atoms with Crippen molar-refractivity contribution in [1.82, 2.24) is 9.69 Å². The first-order valence-electron chi connectivity index (χ1n) is 11.8. The van der Waals surface area contributed by atoms with E-state index < -0.39 is 17.9 Å². The minimum absolute atomic E-state index is 0.0526. The Morgan fingerprint density at radius 2 is 1.72 bits per heavy atom. The van der Waals surface area contributed by atoms with Gasteiger partial charge in [-0.05, 0) is 67.4 Å². The van der Waals surface area contributed by atoms with E-state index in [9.17, 15) is 14.4 Å². The fourth-order valence-corrected chi connectivity index (χ4v) is 4.59. The number of anilines is 2. The maximum Gasteiger partial charge on any atom is 0.273 e. The van der Waals surface area contributed by atoms with Crippen LogP contribution in [0.1, 0.15) is 68.7 Å². The quantitative estimate of drug-likeness (QED) is 0.397. The van der Waals surface area contributed by atoms with Crippen molar-refractivity contribution in [2.75, 3.05) is 17.2 Å². The van der Waals surface area contributed by atoms with Gasteiger partial charge in [0.05, 0.1) is 5.69 Å². The number of rotatable bonds is 9. The number of benzene rings is 2. The molecule has 0 fully saturated rings. The lowest BCUT2D eigenvalue weighted by molar-refractivity contribution is -0.122. The molecule has 36 heavy (non-hydrogen) atoms. The van der Waals surface area contributed by atoms with Crippen molar-refractivity contribution in [3.63, 3.8) is 0 Å². The smallest absolute Gasteiger partial charge is 0.273 e. The lowest BCUT2D eigenvalue weighted by atomic mass is 9.99. The zero-order chi connectivity index (χ0) is 26.6. The molecule has 0 aliphatic carbocycles. The van der Waals surface area contributed by atoms with E-state index in [4.69, 9.17) is 11.5 Å². The lowest BCUT2D eigenvalue weighted by Crippen LogP contribution is -2.44. The molecule has 0 radical (unpaired) electrons. The van der Waals surface area contributed by atoms with Gasteiger partial charge >= 0.3 is 0 Å². The number of nitrogens with two attached hydrogens (primary N) is 2. The summed E-state index contributed by atoms with van der Waals surface area (Å²) >= 11 is 0.795. The van der Waals surface area contributed by atoms with E-state index in [-0.39, 0.29) is 22.2 Å². The topological polar surface area (TPSA) is 131 Å². The van der Waals surface area contributed by atoms with Crippen molar-refractivity contribution < 1.29 is 14.4 Å². The summed E-state index contributed by atoms with van der Waals surface area (Å²) in [5.41, 5.74) is 15.3. The summed E-state index contributed by atoms with van der Waals surface area (Å²) in [5.74, 6) is -1.26. The molecule has 0 aliphatic rings.